The SMILES string of the molecule is CCOc1ccc(-c2ccc(=O)n(Cc3ccncc3)n2)cc1. The molecule has 116 valence electrons. The Morgan fingerprint density at radius 1 is 1.00 bits per heavy atom. The van der Waals surface area contributed by atoms with Crippen molar-refractivity contribution in [3.05, 3.63) is 76.8 Å². The van der Waals surface area contributed by atoms with Crippen LogP contribution in [0.1, 0.15) is 12.5 Å². The van der Waals surface area contributed by atoms with E-state index in [0.29, 0.717) is 13.2 Å². The molecule has 0 radical (unpaired) electrons. The fourth-order valence-electron chi connectivity index (χ4n) is 2.27. The molecule has 5 nitrogen and oxygen atoms in total. The van der Waals surface area contributed by atoms with E-state index in [9.17, 15) is 4.79 Å². The Morgan fingerprint density at radius 2 is 1.74 bits per heavy atom. The summed E-state index contributed by atoms with van der Waals surface area (Å²) >= 11 is 0. The molecule has 0 amide bonds. The predicted molar refractivity (Wildman–Crippen MR) is 88.4 cm³/mol. The Balaban J connectivity index is 1.89. The zero-order valence-electron chi connectivity index (χ0n) is 12.8. The smallest absolute Gasteiger partial charge is 0.267 e. The van der Waals surface area contributed by atoms with Crippen molar-refractivity contribution in [2.45, 2.75) is 13.5 Å². The first-order chi connectivity index (χ1) is 11.3. The van der Waals surface area contributed by atoms with Crippen LogP contribution in [0.3, 0.4) is 0 Å². The molecule has 0 spiro atoms. The second-order valence-corrected chi connectivity index (χ2v) is 5.03. The van der Waals surface area contributed by atoms with Gasteiger partial charge < -0.3 is 4.74 Å². The first kappa shape index (κ1) is 15.0. The topological polar surface area (TPSA) is 57.0 Å². The molecule has 0 saturated heterocycles. The van der Waals surface area contributed by atoms with Gasteiger partial charge in [0.1, 0.15) is 5.75 Å². The average molecular weight is 307 g/mol. The van der Waals surface area contributed by atoms with Gasteiger partial charge in [0, 0.05) is 24.0 Å². The maximum absolute atomic E-state index is 12.0. The van der Waals surface area contributed by atoms with Crippen molar-refractivity contribution in [2.75, 3.05) is 6.61 Å². The minimum absolute atomic E-state index is 0.128. The van der Waals surface area contributed by atoms with Gasteiger partial charge in [-0.05, 0) is 55.0 Å². The summed E-state index contributed by atoms with van der Waals surface area (Å²) in [5.41, 5.74) is 2.55. The third-order valence-electron chi connectivity index (χ3n) is 3.41. The van der Waals surface area contributed by atoms with Crippen LogP contribution in [-0.2, 0) is 6.54 Å². The van der Waals surface area contributed by atoms with Crippen LogP contribution in [0.5, 0.6) is 5.75 Å². The van der Waals surface area contributed by atoms with E-state index in [1.807, 2.05) is 43.3 Å². The molecule has 0 N–H and O–H groups in total. The molecule has 2 aromatic heterocycles. The van der Waals surface area contributed by atoms with Gasteiger partial charge in [-0.25, -0.2) is 4.68 Å². The summed E-state index contributed by atoms with van der Waals surface area (Å²) < 4.78 is 6.90. The molecular weight excluding hydrogens is 290 g/mol. The summed E-state index contributed by atoms with van der Waals surface area (Å²) in [6, 6.07) is 14.7. The Labute approximate surface area is 134 Å². The minimum Gasteiger partial charge on any atom is -0.494 e. The molecule has 5 heteroatoms. The molecule has 0 saturated carbocycles. The number of benzene rings is 1. The number of ether oxygens (including phenoxy) is 1. The first-order valence-corrected chi connectivity index (χ1v) is 7.46. The van der Waals surface area contributed by atoms with Crippen LogP contribution in [0, 0.1) is 0 Å². The van der Waals surface area contributed by atoms with Crippen molar-refractivity contribution in [1.29, 1.82) is 0 Å². The van der Waals surface area contributed by atoms with Crippen molar-refractivity contribution in [1.82, 2.24) is 14.8 Å². The van der Waals surface area contributed by atoms with Crippen LogP contribution >= 0.6 is 0 Å². The molecule has 0 fully saturated rings. The van der Waals surface area contributed by atoms with Crippen LogP contribution in [0.15, 0.2) is 65.7 Å². The Morgan fingerprint density at radius 3 is 2.43 bits per heavy atom. The number of rotatable bonds is 5. The first-order valence-electron chi connectivity index (χ1n) is 7.46. The van der Waals surface area contributed by atoms with Crippen LogP contribution in [0.4, 0.5) is 0 Å². The molecule has 0 aliphatic rings. The molecule has 2 heterocycles. The molecular formula is C18H17N3O2. The summed E-state index contributed by atoms with van der Waals surface area (Å²) in [6.45, 7) is 3.01. The van der Waals surface area contributed by atoms with E-state index < -0.39 is 0 Å². The normalized spacial score (nSPS) is 10.5. The van der Waals surface area contributed by atoms with Gasteiger partial charge in [0.25, 0.3) is 5.56 Å². The highest BCUT2D eigenvalue weighted by atomic mass is 16.5. The van der Waals surface area contributed by atoms with E-state index in [4.69, 9.17) is 4.74 Å². The quantitative estimate of drug-likeness (QED) is 0.727. The summed E-state index contributed by atoms with van der Waals surface area (Å²) in [5.74, 6) is 0.821. The number of hydrogen-bond donors (Lipinski definition) is 0. The maximum atomic E-state index is 12.0. The van der Waals surface area contributed by atoms with Gasteiger partial charge >= 0.3 is 0 Å². The van der Waals surface area contributed by atoms with Crippen molar-refractivity contribution >= 4 is 0 Å². The van der Waals surface area contributed by atoms with Gasteiger partial charge in [0.05, 0.1) is 18.8 Å². The van der Waals surface area contributed by atoms with Crippen LogP contribution < -0.4 is 10.3 Å². The van der Waals surface area contributed by atoms with Crippen molar-refractivity contribution < 1.29 is 4.74 Å². The number of nitrogens with zero attached hydrogens (tertiary/aromatic N) is 3. The molecule has 0 aliphatic heterocycles. The van der Waals surface area contributed by atoms with Crippen LogP contribution in [-0.4, -0.2) is 21.4 Å². The highest BCUT2D eigenvalue weighted by Gasteiger charge is 2.05. The average Bonchev–Trinajstić information content (AvgIpc) is 2.59. The molecule has 3 rings (SSSR count). The van der Waals surface area contributed by atoms with Crippen LogP contribution in [0.2, 0.25) is 0 Å². The number of aromatic nitrogens is 3. The van der Waals surface area contributed by atoms with Gasteiger partial charge in [-0.2, -0.15) is 5.10 Å². The Hall–Kier alpha value is -2.95. The Bertz CT molecular complexity index is 827. The third-order valence-corrected chi connectivity index (χ3v) is 3.41. The molecule has 0 bridgehead atoms. The minimum atomic E-state index is -0.128. The number of hydrogen-bond acceptors (Lipinski definition) is 4. The van der Waals surface area contributed by atoms with Gasteiger partial charge in [-0.1, -0.05) is 0 Å². The number of pyridine rings is 1. The summed E-state index contributed by atoms with van der Waals surface area (Å²) in [7, 11) is 0. The molecule has 23 heavy (non-hydrogen) atoms. The summed E-state index contributed by atoms with van der Waals surface area (Å²) in [6.07, 6.45) is 3.41. The zero-order chi connectivity index (χ0) is 16.1. The van der Waals surface area contributed by atoms with E-state index in [1.165, 1.54) is 4.68 Å². The van der Waals surface area contributed by atoms with Crippen molar-refractivity contribution in [3.8, 4) is 17.0 Å². The van der Waals surface area contributed by atoms with Crippen molar-refractivity contribution in [2.24, 2.45) is 0 Å². The molecule has 0 aliphatic carbocycles. The van der Waals surface area contributed by atoms with Gasteiger partial charge in [-0.3, -0.25) is 9.78 Å². The monoisotopic (exact) mass is 307 g/mol. The predicted octanol–water partition coefficient (Wildman–Crippen LogP) is 2.75. The van der Waals surface area contributed by atoms with Gasteiger partial charge in [-0.15, -0.1) is 0 Å². The lowest BCUT2D eigenvalue weighted by Crippen LogP contribution is -2.22. The third kappa shape index (κ3) is 3.63. The lowest BCUT2D eigenvalue weighted by atomic mass is 10.1. The molecule has 0 unspecified atom stereocenters. The van der Waals surface area contributed by atoms with E-state index in [1.54, 1.807) is 24.5 Å². The largest absolute Gasteiger partial charge is 0.494 e. The highest BCUT2D eigenvalue weighted by molar-refractivity contribution is 5.59. The fraction of sp³-hybridized carbons (Fsp3) is 0.167. The zero-order valence-corrected chi connectivity index (χ0v) is 12.8. The lowest BCUT2D eigenvalue weighted by Gasteiger charge is -2.08. The summed E-state index contributed by atoms with van der Waals surface area (Å²) in [5, 5.41) is 4.46. The van der Waals surface area contributed by atoms with Crippen molar-refractivity contribution in [3.63, 3.8) is 0 Å². The maximum Gasteiger partial charge on any atom is 0.267 e. The molecule has 0 atom stereocenters. The molecule has 3 aromatic rings. The van der Waals surface area contributed by atoms with E-state index in [0.717, 1.165) is 22.6 Å². The lowest BCUT2D eigenvalue weighted by molar-refractivity contribution is 0.340. The standard InChI is InChI=1S/C18H17N3O2/c1-2-23-16-5-3-15(4-6-16)17-7-8-18(22)21(20-17)13-14-9-11-19-12-10-14/h3-12H,2,13H2,1H3. The fourth-order valence-corrected chi connectivity index (χ4v) is 2.27. The summed E-state index contributed by atoms with van der Waals surface area (Å²) in [4.78, 5) is 16.0. The van der Waals surface area contributed by atoms with Crippen LogP contribution in [0.25, 0.3) is 11.3 Å². The highest BCUT2D eigenvalue weighted by Crippen LogP contribution is 2.19. The van der Waals surface area contributed by atoms with E-state index >= 15 is 0 Å². The second kappa shape index (κ2) is 6.87. The van der Waals surface area contributed by atoms with Gasteiger partial charge in [0.2, 0.25) is 0 Å². The molecule has 1 aromatic carbocycles. The Kier molecular flexibility index (Phi) is 4.47. The van der Waals surface area contributed by atoms with E-state index in [-0.39, 0.29) is 5.56 Å². The second-order valence-electron chi connectivity index (χ2n) is 5.03. The van der Waals surface area contributed by atoms with E-state index in [2.05, 4.69) is 10.1 Å². The van der Waals surface area contributed by atoms with Gasteiger partial charge in [0.15, 0.2) is 0 Å².